The number of aromatic nitrogens is 3. The standard InChI is InChI=1S/C13H15Cl2N3O/c1-2-3-18-13(16-8-17-18)7-12(19)9-4-10(14)6-11(15)5-9/h4-6,8,12,19H,2-3,7H2,1H3. The maximum atomic E-state index is 10.2. The van der Waals surface area contributed by atoms with Gasteiger partial charge in [-0.1, -0.05) is 30.1 Å². The molecule has 1 N–H and O–H groups in total. The van der Waals surface area contributed by atoms with Gasteiger partial charge in [0.15, 0.2) is 0 Å². The predicted molar refractivity (Wildman–Crippen MR) is 75.4 cm³/mol. The topological polar surface area (TPSA) is 50.9 Å². The van der Waals surface area contributed by atoms with E-state index in [-0.39, 0.29) is 0 Å². The number of halogens is 2. The van der Waals surface area contributed by atoms with Crippen LogP contribution < -0.4 is 0 Å². The van der Waals surface area contributed by atoms with Crippen molar-refractivity contribution in [2.45, 2.75) is 32.4 Å². The highest BCUT2D eigenvalue weighted by Crippen LogP contribution is 2.25. The van der Waals surface area contributed by atoms with Crippen molar-refractivity contribution in [2.75, 3.05) is 0 Å². The smallest absolute Gasteiger partial charge is 0.138 e. The summed E-state index contributed by atoms with van der Waals surface area (Å²) in [7, 11) is 0. The highest BCUT2D eigenvalue weighted by molar-refractivity contribution is 6.34. The van der Waals surface area contributed by atoms with Gasteiger partial charge >= 0.3 is 0 Å². The lowest BCUT2D eigenvalue weighted by Crippen LogP contribution is -2.10. The first-order valence-electron chi connectivity index (χ1n) is 6.11. The van der Waals surface area contributed by atoms with Crippen molar-refractivity contribution in [1.29, 1.82) is 0 Å². The first-order valence-corrected chi connectivity index (χ1v) is 6.86. The molecule has 0 aliphatic carbocycles. The molecule has 0 aliphatic rings. The Bertz CT molecular complexity index is 536. The third-order valence-electron chi connectivity index (χ3n) is 2.78. The molecule has 0 bridgehead atoms. The van der Waals surface area contributed by atoms with Crippen molar-refractivity contribution in [3.05, 3.63) is 46.0 Å². The molecule has 4 nitrogen and oxygen atoms in total. The molecule has 1 unspecified atom stereocenters. The molecule has 0 amide bonds. The molecule has 6 heteroatoms. The van der Waals surface area contributed by atoms with Crippen LogP contribution in [0.4, 0.5) is 0 Å². The highest BCUT2D eigenvalue weighted by atomic mass is 35.5. The van der Waals surface area contributed by atoms with Crippen molar-refractivity contribution >= 4 is 23.2 Å². The molecule has 1 atom stereocenters. The lowest BCUT2D eigenvalue weighted by atomic mass is 10.1. The summed E-state index contributed by atoms with van der Waals surface area (Å²) in [5.74, 6) is 0.755. The lowest BCUT2D eigenvalue weighted by Gasteiger charge is -2.12. The quantitative estimate of drug-likeness (QED) is 0.922. The minimum Gasteiger partial charge on any atom is -0.388 e. The van der Waals surface area contributed by atoms with E-state index in [1.807, 2.05) is 0 Å². The summed E-state index contributed by atoms with van der Waals surface area (Å²) in [6.07, 6.45) is 2.16. The fourth-order valence-electron chi connectivity index (χ4n) is 1.90. The molecule has 0 aliphatic heterocycles. The van der Waals surface area contributed by atoms with E-state index in [0.717, 1.165) is 18.8 Å². The zero-order valence-electron chi connectivity index (χ0n) is 10.6. The van der Waals surface area contributed by atoms with Crippen LogP contribution in [0.2, 0.25) is 10.0 Å². The molecule has 1 heterocycles. The van der Waals surface area contributed by atoms with Crippen molar-refractivity contribution in [3.63, 3.8) is 0 Å². The summed E-state index contributed by atoms with van der Waals surface area (Å²) in [6.45, 7) is 2.86. The number of hydrogen-bond donors (Lipinski definition) is 1. The van der Waals surface area contributed by atoms with Crippen LogP contribution >= 0.6 is 23.2 Å². The van der Waals surface area contributed by atoms with Gasteiger partial charge in [-0.05, 0) is 30.2 Å². The van der Waals surface area contributed by atoms with E-state index in [1.54, 1.807) is 22.9 Å². The Morgan fingerprint density at radius 1 is 1.26 bits per heavy atom. The average Bonchev–Trinajstić information content (AvgIpc) is 2.76. The predicted octanol–water partition coefficient (Wildman–Crippen LogP) is 3.27. The van der Waals surface area contributed by atoms with Gasteiger partial charge in [-0.3, -0.25) is 4.68 Å². The number of nitrogens with zero attached hydrogens (tertiary/aromatic N) is 3. The first kappa shape index (κ1) is 14.3. The van der Waals surface area contributed by atoms with Crippen LogP contribution in [-0.4, -0.2) is 19.9 Å². The van der Waals surface area contributed by atoms with Gasteiger partial charge < -0.3 is 5.11 Å². The van der Waals surface area contributed by atoms with Crippen LogP contribution in [0.3, 0.4) is 0 Å². The summed E-state index contributed by atoms with van der Waals surface area (Å²) >= 11 is 11.9. The third-order valence-corrected chi connectivity index (χ3v) is 3.21. The summed E-state index contributed by atoms with van der Waals surface area (Å²) < 4.78 is 1.80. The van der Waals surface area contributed by atoms with E-state index >= 15 is 0 Å². The van der Waals surface area contributed by atoms with Crippen LogP contribution in [0, 0.1) is 0 Å². The number of rotatable bonds is 5. The fourth-order valence-corrected chi connectivity index (χ4v) is 2.45. The molecule has 2 rings (SSSR count). The van der Waals surface area contributed by atoms with Crippen molar-refractivity contribution in [3.8, 4) is 0 Å². The van der Waals surface area contributed by atoms with E-state index in [4.69, 9.17) is 23.2 Å². The average molecular weight is 300 g/mol. The zero-order chi connectivity index (χ0) is 13.8. The number of benzene rings is 1. The molecule has 0 saturated heterocycles. The van der Waals surface area contributed by atoms with Gasteiger partial charge in [-0.25, -0.2) is 4.98 Å². The molecule has 2 aromatic rings. The van der Waals surface area contributed by atoms with Crippen LogP contribution in [0.15, 0.2) is 24.5 Å². The summed E-state index contributed by atoms with van der Waals surface area (Å²) in [6, 6.07) is 5.05. The molecule has 102 valence electrons. The van der Waals surface area contributed by atoms with Crippen LogP contribution in [0.25, 0.3) is 0 Å². The van der Waals surface area contributed by atoms with Crippen LogP contribution in [-0.2, 0) is 13.0 Å². The maximum Gasteiger partial charge on any atom is 0.138 e. The highest BCUT2D eigenvalue weighted by Gasteiger charge is 2.14. The van der Waals surface area contributed by atoms with Gasteiger partial charge in [0.2, 0.25) is 0 Å². The van der Waals surface area contributed by atoms with Crippen LogP contribution in [0.5, 0.6) is 0 Å². The molecule has 19 heavy (non-hydrogen) atoms. The monoisotopic (exact) mass is 299 g/mol. The van der Waals surface area contributed by atoms with E-state index in [2.05, 4.69) is 17.0 Å². The van der Waals surface area contributed by atoms with E-state index in [1.165, 1.54) is 6.33 Å². The summed E-state index contributed by atoms with van der Waals surface area (Å²) in [4.78, 5) is 4.17. The Morgan fingerprint density at radius 2 is 1.95 bits per heavy atom. The zero-order valence-corrected chi connectivity index (χ0v) is 12.1. The van der Waals surface area contributed by atoms with Crippen LogP contribution in [0.1, 0.15) is 30.8 Å². The van der Waals surface area contributed by atoms with E-state index in [9.17, 15) is 5.11 Å². The van der Waals surface area contributed by atoms with Gasteiger partial charge in [-0.2, -0.15) is 5.10 Å². The molecule has 0 fully saturated rings. The van der Waals surface area contributed by atoms with Crippen molar-refractivity contribution in [1.82, 2.24) is 14.8 Å². The molecular formula is C13H15Cl2N3O. The first-order chi connectivity index (χ1) is 9.10. The minimum absolute atomic E-state index is 0.386. The van der Waals surface area contributed by atoms with Crippen molar-refractivity contribution in [2.24, 2.45) is 0 Å². The number of aryl methyl sites for hydroxylation is 1. The second-order valence-electron chi connectivity index (χ2n) is 4.32. The lowest BCUT2D eigenvalue weighted by molar-refractivity contribution is 0.174. The van der Waals surface area contributed by atoms with Gasteiger partial charge in [0, 0.05) is 23.0 Å². The summed E-state index contributed by atoms with van der Waals surface area (Å²) in [5, 5.41) is 15.4. The number of aliphatic hydroxyl groups excluding tert-OH is 1. The molecule has 1 aromatic heterocycles. The normalized spacial score (nSPS) is 12.6. The largest absolute Gasteiger partial charge is 0.388 e. The summed E-state index contributed by atoms with van der Waals surface area (Å²) in [5.41, 5.74) is 0.684. The second kappa shape index (κ2) is 6.37. The van der Waals surface area contributed by atoms with E-state index in [0.29, 0.717) is 22.0 Å². The van der Waals surface area contributed by atoms with Crippen molar-refractivity contribution < 1.29 is 5.11 Å². The molecule has 0 spiro atoms. The Kier molecular flexibility index (Phi) is 4.80. The number of aliphatic hydroxyl groups is 1. The molecule has 1 aromatic carbocycles. The maximum absolute atomic E-state index is 10.2. The number of hydrogen-bond acceptors (Lipinski definition) is 3. The molecule has 0 radical (unpaired) electrons. The Hall–Kier alpha value is -1.10. The Balaban J connectivity index is 2.15. The fraction of sp³-hybridized carbons (Fsp3) is 0.385. The van der Waals surface area contributed by atoms with Gasteiger partial charge in [-0.15, -0.1) is 0 Å². The van der Waals surface area contributed by atoms with E-state index < -0.39 is 6.10 Å². The van der Waals surface area contributed by atoms with Gasteiger partial charge in [0.25, 0.3) is 0 Å². The minimum atomic E-state index is -0.698. The Labute approximate surface area is 122 Å². The SMILES string of the molecule is CCCn1ncnc1CC(O)c1cc(Cl)cc(Cl)c1. The second-order valence-corrected chi connectivity index (χ2v) is 5.19. The molecule has 0 saturated carbocycles. The Morgan fingerprint density at radius 3 is 2.58 bits per heavy atom. The van der Waals surface area contributed by atoms with Gasteiger partial charge in [0.1, 0.15) is 12.2 Å². The van der Waals surface area contributed by atoms with Gasteiger partial charge in [0.05, 0.1) is 6.10 Å². The molecular weight excluding hydrogens is 285 g/mol. The third kappa shape index (κ3) is 3.69.